The van der Waals surface area contributed by atoms with Gasteiger partial charge in [-0.3, -0.25) is 4.18 Å². The van der Waals surface area contributed by atoms with Gasteiger partial charge in [0.2, 0.25) is 0 Å². The Hall–Kier alpha value is -1.13. The Morgan fingerprint density at radius 1 is 0.814 bits per heavy atom. The molecule has 0 unspecified atom stereocenters. The molecule has 0 heterocycles. The Morgan fingerprint density at radius 2 is 1.35 bits per heavy atom. The number of esters is 2. The summed E-state index contributed by atoms with van der Waals surface area (Å²) in [6.07, 6.45) is -5.73. The summed E-state index contributed by atoms with van der Waals surface area (Å²) in [7, 11) is -4.92. The van der Waals surface area contributed by atoms with E-state index in [1.54, 1.807) is 0 Å². The molecule has 3 aromatic carbocycles. The highest BCUT2D eigenvalue weighted by Gasteiger charge is 2.39. The average molecular weight is 867 g/mol. The lowest BCUT2D eigenvalue weighted by Crippen LogP contribution is -2.45. The zero-order chi connectivity index (χ0) is 32.1. The smallest absolute Gasteiger partial charge is 0.340 e. The van der Waals surface area contributed by atoms with Crippen molar-refractivity contribution < 1.29 is 36.1 Å². The number of alkyl halides is 1. The van der Waals surface area contributed by atoms with Crippen molar-refractivity contribution in [1.82, 2.24) is 0 Å². The van der Waals surface area contributed by atoms with Gasteiger partial charge in [-0.2, -0.15) is 8.42 Å². The molecule has 18 heteroatoms. The molecule has 43 heavy (non-hydrogen) atoms. The molecule has 0 N–H and O–H groups in total. The molecule has 0 saturated carbocycles. The first kappa shape index (κ1) is 36.3. The van der Waals surface area contributed by atoms with E-state index in [0.717, 1.165) is 12.1 Å². The summed E-state index contributed by atoms with van der Waals surface area (Å²) in [4.78, 5) is 25.2. The zero-order valence-corrected chi connectivity index (χ0v) is 29.0. The number of hydrogen-bond acceptors (Lipinski definition) is 8. The molecule has 0 amide bonds. The predicted octanol–water partition coefficient (Wildman–Crippen LogP) is 9.18. The molecule has 0 aliphatic rings. The molecule has 0 bridgehead atoms. The quantitative estimate of drug-likeness (QED) is 0.0622. The lowest BCUT2D eigenvalue weighted by molar-refractivity contribution is -0.0474. The summed E-state index contributed by atoms with van der Waals surface area (Å²) in [5.74, 6) is -2.26. The number of ether oxygens (including phenoxy) is 2. The van der Waals surface area contributed by atoms with Gasteiger partial charge in [-0.15, -0.1) is 0 Å². The molecule has 0 aliphatic carbocycles. The molecule has 0 saturated heterocycles. The normalized spacial score (nSPS) is 13.9. The fraction of sp³-hybridized carbons (Fsp3) is 0.160. The van der Waals surface area contributed by atoms with E-state index < -0.39 is 57.0 Å². The average Bonchev–Trinajstić information content (AvgIpc) is 2.91. The van der Waals surface area contributed by atoms with E-state index in [-0.39, 0.29) is 41.3 Å². The van der Waals surface area contributed by atoms with Crippen LogP contribution in [-0.4, -0.2) is 51.6 Å². The molecule has 0 aromatic heterocycles. The minimum absolute atomic E-state index is 0.0651. The van der Waals surface area contributed by atoms with Crippen LogP contribution >= 0.6 is 104 Å². The summed E-state index contributed by atoms with van der Waals surface area (Å²) in [5, 5.41) is -0.489. The SMILES string of the molecule is O=C(OC[C@@H](OS(=O)(=O)c1cc(Cl)c(Cl)cc1Cl)[C@@H](OC(=O)c1ccc(Cl)cc1Cl)[C@H](F)/C=N\I)c1ccc(Cl)cc1Cl. The van der Waals surface area contributed by atoms with Crippen molar-refractivity contribution in [2.45, 2.75) is 23.3 Å². The van der Waals surface area contributed by atoms with E-state index in [0.29, 0.717) is 6.21 Å². The van der Waals surface area contributed by atoms with Crippen LogP contribution in [0.1, 0.15) is 20.7 Å². The van der Waals surface area contributed by atoms with Crippen LogP contribution in [-0.2, 0) is 23.8 Å². The Labute approximate surface area is 293 Å². The predicted molar refractivity (Wildman–Crippen MR) is 173 cm³/mol. The van der Waals surface area contributed by atoms with Crippen LogP contribution in [0.15, 0.2) is 56.6 Å². The fourth-order valence-corrected chi connectivity index (χ4v) is 6.63. The third kappa shape index (κ3) is 9.68. The van der Waals surface area contributed by atoms with Crippen LogP contribution < -0.4 is 0 Å². The summed E-state index contributed by atoms with van der Waals surface area (Å²) < 4.78 is 61.5. The molecule has 3 atom stereocenters. The lowest BCUT2D eigenvalue weighted by Gasteiger charge is -2.27. The van der Waals surface area contributed by atoms with E-state index in [4.69, 9.17) is 94.9 Å². The van der Waals surface area contributed by atoms with Crippen LogP contribution in [0.2, 0.25) is 35.2 Å². The first-order valence-corrected chi connectivity index (χ1v) is 16.3. The summed E-state index contributed by atoms with van der Waals surface area (Å²) in [6, 6.07) is 9.55. The van der Waals surface area contributed by atoms with Gasteiger partial charge in [-0.25, -0.2) is 17.2 Å². The van der Waals surface area contributed by atoms with Gasteiger partial charge in [0.05, 0.1) is 59.1 Å². The summed E-state index contributed by atoms with van der Waals surface area (Å²) in [5.41, 5.74) is -0.402. The number of carbonyl (C=O) groups excluding carboxylic acids is 2. The van der Waals surface area contributed by atoms with Gasteiger partial charge in [0.1, 0.15) is 11.5 Å². The topological polar surface area (TPSA) is 108 Å². The molecule has 0 spiro atoms. The number of halogens is 9. The van der Waals surface area contributed by atoms with Crippen molar-refractivity contribution in [2.24, 2.45) is 3.21 Å². The lowest BCUT2D eigenvalue weighted by atomic mass is 10.1. The standard InChI is InChI=1S/C25H14Cl7FINO7S/c26-11-1-3-13(15(28)5-11)24(36)40-10-21(42-43(38,39)22-8-18(31)17(30)7-19(22)32)23(20(33)9-35-34)41-25(37)14-4-2-12(27)6-16(14)29/h1-9,20-21,23H,10H2/b35-9-/t20-,21-,23+/m1/s1. The Morgan fingerprint density at radius 3 is 1.88 bits per heavy atom. The largest absolute Gasteiger partial charge is 0.459 e. The van der Waals surface area contributed by atoms with Gasteiger partial charge in [0.25, 0.3) is 10.1 Å². The highest BCUT2D eigenvalue weighted by atomic mass is 127. The first-order chi connectivity index (χ1) is 20.1. The van der Waals surface area contributed by atoms with Gasteiger partial charge in [0.15, 0.2) is 18.4 Å². The number of benzene rings is 3. The van der Waals surface area contributed by atoms with E-state index in [9.17, 15) is 18.0 Å². The van der Waals surface area contributed by atoms with Gasteiger partial charge in [-0.1, -0.05) is 81.2 Å². The zero-order valence-electron chi connectivity index (χ0n) is 20.8. The molecule has 230 valence electrons. The molecule has 0 radical (unpaired) electrons. The van der Waals surface area contributed by atoms with Crippen LogP contribution in [0.5, 0.6) is 0 Å². The molecule has 3 aromatic rings. The highest BCUT2D eigenvalue weighted by molar-refractivity contribution is 14.1. The fourth-order valence-electron chi connectivity index (χ4n) is 3.31. The molecule has 0 fully saturated rings. The second-order valence-corrected chi connectivity index (χ2v) is 13.2. The van der Waals surface area contributed by atoms with Gasteiger partial charge in [0, 0.05) is 16.3 Å². The third-order valence-electron chi connectivity index (χ3n) is 5.30. The Bertz CT molecular complexity index is 1680. The summed E-state index contributed by atoms with van der Waals surface area (Å²) >= 11 is 43.3. The van der Waals surface area contributed by atoms with Crippen molar-refractivity contribution in [3.05, 3.63) is 94.8 Å². The number of carbonyl (C=O) groups is 2. The van der Waals surface area contributed by atoms with Crippen LogP contribution in [0.3, 0.4) is 0 Å². The number of rotatable bonds is 11. The summed E-state index contributed by atoms with van der Waals surface area (Å²) in [6.45, 7) is -0.988. The molecular formula is C25H14Cl7FINO7S. The van der Waals surface area contributed by atoms with Gasteiger partial charge < -0.3 is 9.47 Å². The van der Waals surface area contributed by atoms with Crippen molar-refractivity contribution in [2.75, 3.05) is 6.61 Å². The highest BCUT2D eigenvalue weighted by Crippen LogP contribution is 2.34. The van der Waals surface area contributed by atoms with Crippen molar-refractivity contribution in [3.63, 3.8) is 0 Å². The number of nitrogens with zero attached hydrogens (tertiary/aromatic N) is 1. The molecule has 8 nitrogen and oxygen atoms in total. The Kier molecular flexibility index (Phi) is 13.5. The van der Waals surface area contributed by atoms with Crippen molar-refractivity contribution >= 4 is 132 Å². The maximum Gasteiger partial charge on any atom is 0.340 e. The minimum atomic E-state index is -4.92. The number of hydrogen-bond donors (Lipinski definition) is 0. The van der Waals surface area contributed by atoms with Crippen LogP contribution in [0.25, 0.3) is 0 Å². The second kappa shape index (κ2) is 15.9. The molecule has 0 aliphatic heterocycles. The van der Waals surface area contributed by atoms with E-state index in [1.165, 1.54) is 59.3 Å². The van der Waals surface area contributed by atoms with E-state index in [2.05, 4.69) is 3.21 Å². The first-order valence-electron chi connectivity index (χ1n) is 11.3. The maximum absolute atomic E-state index is 15.5. The van der Waals surface area contributed by atoms with Gasteiger partial charge in [-0.05, 0) is 48.5 Å². The molecular weight excluding hydrogens is 852 g/mol. The van der Waals surface area contributed by atoms with Crippen molar-refractivity contribution in [3.8, 4) is 0 Å². The maximum atomic E-state index is 15.5. The second-order valence-electron chi connectivity index (χ2n) is 8.19. The Balaban J connectivity index is 2.05. The van der Waals surface area contributed by atoms with Gasteiger partial charge >= 0.3 is 11.9 Å². The molecule has 3 rings (SSSR count). The minimum Gasteiger partial charge on any atom is -0.459 e. The van der Waals surface area contributed by atoms with Crippen molar-refractivity contribution in [1.29, 1.82) is 0 Å². The van der Waals surface area contributed by atoms with Crippen LogP contribution in [0, 0.1) is 0 Å². The van der Waals surface area contributed by atoms with E-state index >= 15 is 4.39 Å². The monoisotopic (exact) mass is 863 g/mol. The van der Waals surface area contributed by atoms with Crippen LogP contribution in [0.4, 0.5) is 4.39 Å². The third-order valence-corrected chi connectivity index (χ3v) is 9.24. The van der Waals surface area contributed by atoms with E-state index in [1.807, 2.05) is 0 Å².